The van der Waals surface area contributed by atoms with Crippen LogP contribution in [0.5, 0.6) is 0 Å². The normalized spacial score (nSPS) is 18.0. The zero-order valence-corrected chi connectivity index (χ0v) is 7.10. The summed E-state index contributed by atoms with van der Waals surface area (Å²) in [7, 11) is 0. The molecule has 0 bridgehead atoms. The van der Waals surface area contributed by atoms with Gasteiger partial charge in [-0.2, -0.15) is 0 Å². The van der Waals surface area contributed by atoms with Crippen LogP contribution in [0.15, 0.2) is 17.7 Å². The maximum atomic E-state index is 2.92. The summed E-state index contributed by atoms with van der Waals surface area (Å²) in [5.41, 5.74) is 1.44. The van der Waals surface area contributed by atoms with E-state index in [4.69, 9.17) is 0 Å². The second-order valence-electron chi connectivity index (χ2n) is 2.29. The van der Waals surface area contributed by atoms with E-state index in [2.05, 4.69) is 26.2 Å². The van der Waals surface area contributed by atoms with Crippen LogP contribution in [0.3, 0.4) is 0 Å². The summed E-state index contributed by atoms with van der Waals surface area (Å²) in [5, 5.41) is 0. The van der Waals surface area contributed by atoms with Crippen LogP contribution in [0.1, 0.15) is 25.7 Å². The van der Waals surface area contributed by atoms with E-state index >= 15 is 0 Å². The van der Waals surface area contributed by atoms with E-state index in [9.17, 15) is 0 Å². The van der Waals surface area contributed by atoms with Crippen molar-refractivity contribution in [1.29, 1.82) is 0 Å². The molecule has 0 spiro atoms. The maximum absolute atomic E-state index is 2.92. The van der Waals surface area contributed by atoms with Gasteiger partial charge in [0.25, 0.3) is 0 Å². The third-order valence-corrected chi connectivity index (χ3v) is 1.82. The standard InChI is InChI=1S/C8H10Se/c9-7-6-8-4-2-1-3-5-8/h4,6H,1-3,5H2. The van der Waals surface area contributed by atoms with E-state index in [1.165, 1.54) is 31.3 Å². The SMILES string of the molecule is [Se]=C=CC1=CCCCC1. The summed E-state index contributed by atoms with van der Waals surface area (Å²) in [4.78, 5) is 0. The minimum atomic E-state index is 1.24. The van der Waals surface area contributed by atoms with E-state index in [1.807, 2.05) is 6.08 Å². The van der Waals surface area contributed by atoms with Crippen molar-refractivity contribution in [3.05, 3.63) is 17.7 Å². The van der Waals surface area contributed by atoms with E-state index in [0.717, 1.165) is 0 Å². The van der Waals surface area contributed by atoms with Crippen molar-refractivity contribution in [3.8, 4) is 0 Å². The Morgan fingerprint density at radius 2 is 2.44 bits per heavy atom. The molecule has 1 heteroatoms. The zero-order chi connectivity index (χ0) is 6.53. The summed E-state index contributed by atoms with van der Waals surface area (Å²) in [6.07, 6.45) is 9.56. The second-order valence-corrected chi connectivity index (χ2v) is 2.78. The second kappa shape index (κ2) is 3.85. The van der Waals surface area contributed by atoms with Crippen LogP contribution in [0, 0.1) is 0 Å². The van der Waals surface area contributed by atoms with Gasteiger partial charge in [0.2, 0.25) is 0 Å². The van der Waals surface area contributed by atoms with Crippen LogP contribution in [0.4, 0.5) is 0 Å². The van der Waals surface area contributed by atoms with Gasteiger partial charge in [0.05, 0.1) is 0 Å². The number of hydrogen-bond donors (Lipinski definition) is 0. The Bertz CT molecular complexity index is 161. The topological polar surface area (TPSA) is 0 Å². The molecule has 0 atom stereocenters. The van der Waals surface area contributed by atoms with Crippen LogP contribution >= 0.6 is 0 Å². The third-order valence-electron chi connectivity index (χ3n) is 1.57. The predicted octanol–water partition coefficient (Wildman–Crippen LogP) is 1.61. The molecule has 0 fully saturated rings. The van der Waals surface area contributed by atoms with Gasteiger partial charge in [0, 0.05) is 0 Å². The Labute approximate surface area is 64.0 Å². The molecule has 0 heterocycles. The van der Waals surface area contributed by atoms with Crippen molar-refractivity contribution >= 4 is 20.2 Å². The van der Waals surface area contributed by atoms with Crippen LogP contribution in [0.2, 0.25) is 0 Å². The molecule has 1 aliphatic carbocycles. The van der Waals surface area contributed by atoms with E-state index < -0.39 is 0 Å². The number of hydrogen-bond acceptors (Lipinski definition) is 0. The van der Waals surface area contributed by atoms with Gasteiger partial charge in [-0.25, -0.2) is 0 Å². The van der Waals surface area contributed by atoms with Gasteiger partial charge >= 0.3 is 63.6 Å². The molecule has 0 unspecified atom stereocenters. The monoisotopic (exact) mass is 186 g/mol. The summed E-state index contributed by atoms with van der Waals surface area (Å²) in [6.45, 7) is 0. The summed E-state index contributed by atoms with van der Waals surface area (Å²) in [6, 6.07) is 0. The Hall–Kier alpha value is -0.0905. The molecule has 0 aromatic carbocycles. The molecule has 0 saturated heterocycles. The molecule has 9 heavy (non-hydrogen) atoms. The molecule has 0 nitrogen and oxygen atoms in total. The van der Waals surface area contributed by atoms with E-state index in [0.29, 0.717) is 0 Å². The molecule has 0 N–H and O–H groups in total. The molecule has 1 aliphatic rings. The van der Waals surface area contributed by atoms with Gasteiger partial charge in [-0.15, -0.1) is 0 Å². The zero-order valence-electron chi connectivity index (χ0n) is 5.39. The van der Waals surface area contributed by atoms with Gasteiger partial charge in [-0.1, -0.05) is 0 Å². The first-order chi connectivity index (χ1) is 4.43. The van der Waals surface area contributed by atoms with Gasteiger partial charge in [-0.05, 0) is 0 Å². The first-order valence-electron chi connectivity index (χ1n) is 3.33. The first-order valence-corrected chi connectivity index (χ1v) is 4.19. The van der Waals surface area contributed by atoms with Crippen LogP contribution in [-0.2, 0) is 0 Å². The van der Waals surface area contributed by atoms with Gasteiger partial charge in [0.1, 0.15) is 0 Å². The fourth-order valence-corrected chi connectivity index (χ4v) is 1.39. The molecule has 0 amide bonds. The predicted molar refractivity (Wildman–Crippen MR) is 41.9 cm³/mol. The van der Waals surface area contributed by atoms with Crippen molar-refractivity contribution in [2.24, 2.45) is 0 Å². The van der Waals surface area contributed by atoms with Crippen molar-refractivity contribution < 1.29 is 0 Å². The number of allylic oxidation sites excluding steroid dienone is 3. The van der Waals surface area contributed by atoms with Crippen molar-refractivity contribution in [1.82, 2.24) is 0 Å². The molecule has 0 aliphatic heterocycles. The Morgan fingerprint density at radius 1 is 1.56 bits per heavy atom. The molecule has 0 radical (unpaired) electrons. The minimum absolute atomic E-state index is 1.24. The summed E-state index contributed by atoms with van der Waals surface area (Å²) in [5.74, 6) is 0. The number of rotatable bonds is 1. The summed E-state index contributed by atoms with van der Waals surface area (Å²) >= 11 is 2.74. The van der Waals surface area contributed by atoms with Gasteiger partial charge in [0.15, 0.2) is 0 Å². The van der Waals surface area contributed by atoms with E-state index in [-0.39, 0.29) is 0 Å². The van der Waals surface area contributed by atoms with Crippen molar-refractivity contribution in [3.63, 3.8) is 0 Å². The van der Waals surface area contributed by atoms with Crippen molar-refractivity contribution in [2.45, 2.75) is 25.7 Å². The fraction of sp³-hybridized carbons (Fsp3) is 0.500. The first kappa shape index (κ1) is 7.02. The Balaban J connectivity index is 2.56. The van der Waals surface area contributed by atoms with Crippen LogP contribution < -0.4 is 0 Å². The fourth-order valence-electron chi connectivity index (χ4n) is 1.07. The Morgan fingerprint density at radius 3 is 3.00 bits per heavy atom. The van der Waals surface area contributed by atoms with Gasteiger partial charge in [-0.3, -0.25) is 0 Å². The summed E-state index contributed by atoms with van der Waals surface area (Å²) < 4.78 is 2.92. The van der Waals surface area contributed by atoms with Crippen molar-refractivity contribution in [2.75, 3.05) is 0 Å². The quantitative estimate of drug-likeness (QED) is 0.544. The third kappa shape index (κ3) is 2.32. The molecule has 48 valence electrons. The molecule has 0 saturated carbocycles. The van der Waals surface area contributed by atoms with Gasteiger partial charge < -0.3 is 0 Å². The molecular weight excluding hydrogens is 175 g/mol. The molecular formula is C8H10Se. The van der Waals surface area contributed by atoms with E-state index in [1.54, 1.807) is 0 Å². The average molecular weight is 185 g/mol. The average Bonchev–Trinajstić information content (AvgIpc) is 1.91. The van der Waals surface area contributed by atoms with Crippen LogP contribution in [-0.4, -0.2) is 20.2 Å². The Kier molecular flexibility index (Phi) is 3.00. The molecule has 1 rings (SSSR count). The van der Waals surface area contributed by atoms with Crippen LogP contribution in [0.25, 0.3) is 0 Å². The molecule has 0 aromatic heterocycles. The molecule has 0 aromatic rings.